The Hall–Kier alpha value is -2.17. The number of aromatic nitrogens is 1. The first kappa shape index (κ1) is 18.6. The van der Waals surface area contributed by atoms with Crippen LogP contribution in [0.25, 0.3) is 0 Å². The highest BCUT2D eigenvalue weighted by atomic mass is 35.5. The number of anilines is 1. The standard InChI is InChI=1S/C21H21ClN2OS/c1-13-7-14(2)21(15(3)8-13)24-19(25)11-18-12-26-20(23-18)10-16-5-4-6-17(22)9-16/h4-9,12H,10-11H2,1-3H3,(H,24,25). The second-order valence-electron chi connectivity index (χ2n) is 6.54. The summed E-state index contributed by atoms with van der Waals surface area (Å²) in [7, 11) is 0. The largest absolute Gasteiger partial charge is 0.325 e. The van der Waals surface area contributed by atoms with E-state index in [2.05, 4.69) is 29.4 Å². The van der Waals surface area contributed by atoms with Crippen molar-refractivity contribution in [3.05, 3.63) is 79.8 Å². The van der Waals surface area contributed by atoms with Crippen molar-refractivity contribution in [2.45, 2.75) is 33.6 Å². The number of halogens is 1. The number of carbonyl (C=O) groups is 1. The molecule has 0 aliphatic heterocycles. The Morgan fingerprint density at radius 3 is 2.58 bits per heavy atom. The summed E-state index contributed by atoms with van der Waals surface area (Å²) in [5, 5.41) is 6.69. The molecule has 1 aromatic heterocycles. The molecule has 1 N–H and O–H groups in total. The molecule has 5 heteroatoms. The van der Waals surface area contributed by atoms with Crippen LogP contribution in [0.3, 0.4) is 0 Å². The van der Waals surface area contributed by atoms with Gasteiger partial charge in [0.15, 0.2) is 0 Å². The van der Waals surface area contributed by atoms with Gasteiger partial charge in [-0.2, -0.15) is 0 Å². The summed E-state index contributed by atoms with van der Waals surface area (Å²) >= 11 is 7.60. The fourth-order valence-electron chi connectivity index (χ4n) is 3.06. The number of carbonyl (C=O) groups excluding carboxylic acids is 1. The molecule has 0 aliphatic carbocycles. The van der Waals surface area contributed by atoms with Gasteiger partial charge >= 0.3 is 0 Å². The first-order chi connectivity index (χ1) is 12.4. The van der Waals surface area contributed by atoms with Crippen LogP contribution in [0.2, 0.25) is 5.02 Å². The Kier molecular flexibility index (Phi) is 5.74. The molecule has 0 radical (unpaired) electrons. The van der Waals surface area contributed by atoms with Crippen LogP contribution in [0.1, 0.15) is 33.0 Å². The first-order valence-electron chi connectivity index (χ1n) is 8.46. The molecular weight excluding hydrogens is 364 g/mol. The predicted molar refractivity (Wildman–Crippen MR) is 109 cm³/mol. The third-order valence-electron chi connectivity index (χ3n) is 4.13. The molecule has 26 heavy (non-hydrogen) atoms. The number of thiazole rings is 1. The van der Waals surface area contributed by atoms with Gasteiger partial charge in [0.25, 0.3) is 0 Å². The number of aryl methyl sites for hydroxylation is 3. The maximum atomic E-state index is 12.4. The normalized spacial score (nSPS) is 10.8. The lowest BCUT2D eigenvalue weighted by atomic mass is 10.0. The quantitative estimate of drug-likeness (QED) is 0.631. The van der Waals surface area contributed by atoms with Crippen molar-refractivity contribution < 1.29 is 4.79 Å². The average molecular weight is 385 g/mol. The van der Waals surface area contributed by atoms with E-state index in [0.717, 1.165) is 44.5 Å². The van der Waals surface area contributed by atoms with Crippen LogP contribution in [-0.4, -0.2) is 10.9 Å². The molecule has 0 saturated carbocycles. The molecule has 0 spiro atoms. The summed E-state index contributed by atoms with van der Waals surface area (Å²) in [6.07, 6.45) is 1.00. The lowest BCUT2D eigenvalue weighted by Gasteiger charge is -2.12. The molecule has 1 heterocycles. The van der Waals surface area contributed by atoms with Crippen LogP contribution in [-0.2, 0) is 17.6 Å². The van der Waals surface area contributed by atoms with Gasteiger partial charge in [0.1, 0.15) is 0 Å². The number of rotatable bonds is 5. The van der Waals surface area contributed by atoms with Crippen molar-refractivity contribution in [1.82, 2.24) is 4.98 Å². The highest BCUT2D eigenvalue weighted by molar-refractivity contribution is 7.09. The monoisotopic (exact) mass is 384 g/mol. The van der Waals surface area contributed by atoms with E-state index in [9.17, 15) is 4.79 Å². The second-order valence-corrected chi connectivity index (χ2v) is 7.92. The smallest absolute Gasteiger partial charge is 0.230 e. The minimum atomic E-state index is -0.0420. The van der Waals surface area contributed by atoms with Crippen molar-refractivity contribution in [3.63, 3.8) is 0 Å². The zero-order valence-electron chi connectivity index (χ0n) is 15.1. The van der Waals surface area contributed by atoms with E-state index < -0.39 is 0 Å². The van der Waals surface area contributed by atoms with E-state index >= 15 is 0 Å². The fourth-order valence-corrected chi connectivity index (χ4v) is 4.10. The summed E-state index contributed by atoms with van der Waals surface area (Å²) in [5.41, 5.74) is 6.17. The lowest BCUT2D eigenvalue weighted by Crippen LogP contribution is -2.16. The second kappa shape index (κ2) is 8.02. The lowest BCUT2D eigenvalue weighted by molar-refractivity contribution is -0.115. The predicted octanol–water partition coefficient (Wildman–Crippen LogP) is 5.49. The number of nitrogens with zero attached hydrogens (tertiary/aromatic N) is 1. The minimum absolute atomic E-state index is 0.0420. The van der Waals surface area contributed by atoms with Gasteiger partial charge in [0.05, 0.1) is 17.1 Å². The molecule has 0 fully saturated rings. The zero-order valence-corrected chi connectivity index (χ0v) is 16.7. The topological polar surface area (TPSA) is 42.0 Å². The molecule has 0 atom stereocenters. The number of nitrogens with one attached hydrogen (secondary N) is 1. The Bertz CT molecular complexity index is 926. The van der Waals surface area contributed by atoms with Gasteiger partial charge in [-0.15, -0.1) is 11.3 Å². The highest BCUT2D eigenvalue weighted by Crippen LogP contribution is 2.23. The van der Waals surface area contributed by atoms with Crippen LogP contribution in [0.15, 0.2) is 41.8 Å². The number of hydrogen-bond donors (Lipinski definition) is 1. The number of benzene rings is 2. The van der Waals surface area contributed by atoms with Gasteiger partial charge in [0.2, 0.25) is 5.91 Å². The van der Waals surface area contributed by atoms with Gasteiger partial charge in [-0.1, -0.05) is 41.4 Å². The van der Waals surface area contributed by atoms with Crippen LogP contribution in [0, 0.1) is 20.8 Å². The number of hydrogen-bond acceptors (Lipinski definition) is 3. The maximum absolute atomic E-state index is 12.4. The Balaban J connectivity index is 1.65. The third-order valence-corrected chi connectivity index (χ3v) is 5.26. The summed E-state index contributed by atoms with van der Waals surface area (Å²) in [5.74, 6) is -0.0420. The van der Waals surface area contributed by atoms with E-state index in [1.165, 1.54) is 5.56 Å². The van der Waals surface area contributed by atoms with Gasteiger partial charge < -0.3 is 5.32 Å². The molecule has 0 bridgehead atoms. The van der Waals surface area contributed by atoms with Crippen molar-refractivity contribution >= 4 is 34.5 Å². The van der Waals surface area contributed by atoms with E-state index in [1.54, 1.807) is 11.3 Å². The Morgan fingerprint density at radius 1 is 1.15 bits per heavy atom. The Morgan fingerprint density at radius 2 is 1.88 bits per heavy atom. The van der Waals surface area contributed by atoms with Crippen molar-refractivity contribution in [3.8, 4) is 0 Å². The van der Waals surface area contributed by atoms with Crippen LogP contribution < -0.4 is 5.32 Å². The van der Waals surface area contributed by atoms with Gasteiger partial charge in [0, 0.05) is 22.5 Å². The summed E-state index contributed by atoms with van der Waals surface area (Å²) in [6, 6.07) is 11.9. The van der Waals surface area contributed by atoms with Gasteiger partial charge in [-0.05, 0) is 49.6 Å². The minimum Gasteiger partial charge on any atom is -0.325 e. The van der Waals surface area contributed by atoms with Crippen molar-refractivity contribution in [2.75, 3.05) is 5.32 Å². The van der Waals surface area contributed by atoms with Gasteiger partial charge in [-0.3, -0.25) is 4.79 Å². The van der Waals surface area contributed by atoms with Crippen LogP contribution in [0.5, 0.6) is 0 Å². The summed E-state index contributed by atoms with van der Waals surface area (Å²) < 4.78 is 0. The molecule has 3 nitrogen and oxygen atoms in total. The number of amides is 1. The molecule has 0 unspecified atom stereocenters. The highest BCUT2D eigenvalue weighted by Gasteiger charge is 2.11. The maximum Gasteiger partial charge on any atom is 0.230 e. The fraction of sp³-hybridized carbons (Fsp3) is 0.238. The van der Waals surface area contributed by atoms with E-state index in [-0.39, 0.29) is 12.3 Å². The van der Waals surface area contributed by atoms with Gasteiger partial charge in [-0.25, -0.2) is 4.98 Å². The summed E-state index contributed by atoms with van der Waals surface area (Å²) in [6.45, 7) is 6.09. The average Bonchev–Trinajstić information content (AvgIpc) is 2.97. The molecule has 1 amide bonds. The zero-order chi connectivity index (χ0) is 18.7. The van der Waals surface area contributed by atoms with E-state index in [0.29, 0.717) is 0 Å². The molecule has 134 valence electrons. The van der Waals surface area contributed by atoms with E-state index in [4.69, 9.17) is 11.6 Å². The first-order valence-corrected chi connectivity index (χ1v) is 9.72. The Labute approximate surface area is 163 Å². The molecule has 0 aliphatic rings. The molecular formula is C21H21ClN2OS. The summed E-state index contributed by atoms with van der Waals surface area (Å²) in [4.78, 5) is 17.0. The SMILES string of the molecule is Cc1cc(C)c(NC(=O)Cc2csc(Cc3cccc(Cl)c3)n2)c(C)c1. The molecule has 0 saturated heterocycles. The van der Waals surface area contributed by atoms with Crippen LogP contribution >= 0.6 is 22.9 Å². The third kappa shape index (κ3) is 4.71. The molecule has 3 aromatic rings. The molecule has 2 aromatic carbocycles. The van der Waals surface area contributed by atoms with Crippen molar-refractivity contribution in [2.24, 2.45) is 0 Å². The van der Waals surface area contributed by atoms with E-state index in [1.807, 2.05) is 43.5 Å². The molecule has 3 rings (SSSR count). The van der Waals surface area contributed by atoms with Crippen molar-refractivity contribution in [1.29, 1.82) is 0 Å². The van der Waals surface area contributed by atoms with Crippen LogP contribution in [0.4, 0.5) is 5.69 Å².